The summed E-state index contributed by atoms with van der Waals surface area (Å²) in [5.74, 6) is 2.85. The minimum absolute atomic E-state index is 0.241. The Kier molecular flexibility index (Phi) is 6.38. The Labute approximate surface area is 173 Å². The maximum absolute atomic E-state index is 13.0. The van der Waals surface area contributed by atoms with Crippen LogP contribution in [0.25, 0.3) is 0 Å². The maximum Gasteiger partial charge on any atom is 0.530 e. The standard InChI is InChI=1S/C22H33O6P/c1-5-26-29(23,27-6-2)28-19-10-8-7-9-16(19)20-17-13-15-11-14(21(17)24-3)12-18(20)22(15)25-4/h7-10,14-15,17-18,20-22H,5-6,11-13H2,1-4H3. The van der Waals surface area contributed by atoms with Crippen molar-refractivity contribution in [1.82, 2.24) is 0 Å². The van der Waals surface area contributed by atoms with E-state index in [1.807, 2.05) is 32.4 Å². The van der Waals surface area contributed by atoms with Gasteiger partial charge in [0.1, 0.15) is 5.75 Å². The van der Waals surface area contributed by atoms with E-state index in [0.717, 1.165) is 18.4 Å². The molecule has 162 valence electrons. The van der Waals surface area contributed by atoms with Crippen LogP contribution in [-0.4, -0.2) is 39.6 Å². The summed E-state index contributed by atoms with van der Waals surface area (Å²) in [4.78, 5) is 0. The van der Waals surface area contributed by atoms with E-state index in [9.17, 15) is 4.57 Å². The molecule has 6 nitrogen and oxygen atoms in total. The molecule has 4 bridgehead atoms. The van der Waals surface area contributed by atoms with Gasteiger partial charge in [0.2, 0.25) is 0 Å². The molecule has 0 spiro atoms. The summed E-state index contributed by atoms with van der Waals surface area (Å²) >= 11 is 0. The lowest BCUT2D eigenvalue weighted by Gasteiger charge is -2.60. The van der Waals surface area contributed by atoms with Crippen molar-refractivity contribution in [2.24, 2.45) is 23.7 Å². The van der Waals surface area contributed by atoms with Crippen LogP contribution in [0.2, 0.25) is 0 Å². The molecule has 4 fully saturated rings. The van der Waals surface area contributed by atoms with Crippen LogP contribution in [-0.2, 0) is 23.1 Å². The predicted octanol–water partition coefficient (Wildman–Crippen LogP) is 5.04. The van der Waals surface area contributed by atoms with Crippen LogP contribution >= 0.6 is 7.82 Å². The molecule has 0 radical (unpaired) electrons. The molecule has 0 heterocycles. The van der Waals surface area contributed by atoms with Crippen LogP contribution in [0.15, 0.2) is 24.3 Å². The number of benzene rings is 1. The van der Waals surface area contributed by atoms with Gasteiger partial charge in [0.25, 0.3) is 0 Å². The molecular formula is C22H33O6P. The summed E-state index contributed by atoms with van der Waals surface area (Å²) < 4.78 is 41.7. The fourth-order valence-electron chi connectivity index (χ4n) is 6.37. The molecule has 4 aliphatic carbocycles. The third-order valence-electron chi connectivity index (χ3n) is 7.06. The quantitative estimate of drug-likeness (QED) is 0.518. The summed E-state index contributed by atoms with van der Waals surface area (Å²) in [6.45, 7) is 4.08. The van der Waals surface area contributed by atoms with Crippen molar-refractivity contribution in [3.8, 4) is 5.75 Å². The van der Waals surface area contributed by atoms with E-state index in [0.29, 0.717) is 29.4 Å². The molecule has 6 unspecified atom stereocenters. The third-order valence-corrected chi connectivity index (χ3v) is 8.63. The molecular weight excluding hydrogens is 391 g/mol. The molecule has 29 heavy (non-hydrogen) atoms. The molecule has 0 N–H and O–H groups in total. The van der Waals surface area contributed by atoms with Crippen LogP contribution < -0.4 is 4.52 Å². The van der Waals surface area contributed by atoms with Gasteiger partial charge in [-0.05, 0) is 74.3 Å². The van der Waals surface area contributed by atoms with Gasteiger partial charge >= 0.3 is 7.82 Å². The molecule has 0 aromatic heterocycles. The first-order valence-electron chi connectivity index (χ1n) is 10.8. The second-order valence-corrected chi connectivity index (χ2v) is 9.99. The molecule has 0 saturated heterocycles. The number of rotatable bonds is 9. The summed E-state index contributed by atoms with van der Waals surface area (Å²) in [5.41, 5.74) is 1.06. The van der Waals surface area contributed by atoms with Crippen molar-refractivity contribution < 1.29 is 27.6 Å². The van der Waals surface area contributed by atoms with Crippen LogP contribution in [0, 0.1) is 23.7 Å². The highest BCUT2D eigenvalue weighted by Gasteiger charge is 2.59. The molecule has 0 aliphatic heterocycles. The summed E-state index contributed by atoms with van der Waals surface area (Å²) in [5, 5.41) is 0. The fraction of sp³-hybridized carbons (Fsp3) is 0.727. The Balaban J connectivity index is 1.70. The number of hydrogen-bond donors (Lipinski definition) is 0. The first-order chi connectivity index (χ1) is 14.0. The first-order valence-corrected chi connectivity index (χ1v) is 12.2. The van der Waals surface area contributed by atoms with Crippen molar-refractivity contribution in [3.05, 3.63) is 29.8 Å². The van der Waals surface area contributed by atoms with Gasteiger partial charge in [-0.3, -0.25) is 9.05 Å². The molecule has 4 saturated carbocycles. The molecule has 7 heteroatoms. The zero-order chi connectivity index (χ0) is 20.6. The van der Waals surface area contributed by atoms with Gasteiger partial charge in [0.05, 0.1) is 25.4 Å². The number of methoxy groups -OCH3 is 2. The summed E-state index contributed by atoms with van der Waals surface area (Å²) in [6, 6.07) is 7.88. The number of phosphoric ester groups is 1. The Morgan fingerprint density at radius 2 is 1.45 bits per heavy atom. The van der Waals surface area contributed by atoms with Gasteiger partial charge in [0, 0.05) is 14.2 Å². The first kappa shape index (κ1) is 21.3. The van der Waals surface area contributed by atoms with E-state index in [1.165, 1.54) is 6.42 Å². The Morgan fingerprint density at radius 1 is 0.897 bits per heavy atom. The normalized spacial score (nSPS) is 35.8. The summed E-state index contributed by atoms with van der Waals surface area (Å²) in [6.07, 6.45) is 3.89. The van der Waals surface area contributed by atoms with E-state index in [2.05, 4.69) is 6.07 Å². The highest BCUT2D eigenvalue weighted by atomic mass is 31.2. The lowest BCUT2D eigenvalue weighted by Crippen LogP contribution is -2.59. The molecule has 5 rings (SSSR count). The van der Waals surface area contributed by atoms with Crippen molar-refractivity contribution in [1.29, 1.82) is 0 Å². The topological polar surface area (TPSA) is 63.2 Å². The van der Waals surface area contributed by atoms with Gasteiger partial charge in [-0.1, -0.05) is 18.2 Å². The summed E-state index contributed by atoms with van der Waals surface area (Å²) in [7, 11) is 0.00435. The van der Waals surface area contributed by atoms with Crippen LogP contribution in [0.5, 0.6) is 5.75 Å². The molecule has 1 aromatic carbocycles. The number of phosphoric acid groups is 1. The largest absolute Gasteiger partial charge is 0.530 e. The van der Waals surface area contributed by atoms with Crippen LogP contribution in [0.4, 0.5) is 0 Å². The predicted molar refractivity (Wildman–Crippen MR) is 110 cm³/mol. The van der Waals surface area contributed by atoms with E-state index in [1.54, 1.807) is 13.8 Å². The SMILES string of the molecule is CCOP(=O)(OCC)Oc1ccccc1C1C2CC3CC(CC1C3OC)C2OC. The van der Waals surface area contributed by atoms with Gasteiger partial charge < -0.3 is 14.0 Å². The van der Waals surface area contributed by atoms with E-state index >= 15 is 0 Å². The molecule has 6 atom stereocenters. The fourth-order valence-corrected chi connectivity index (χ4v) is 7.58. The second kappa shape index (κ2) is 8.68. The Morgan fingerprint density at radius 3 is 1.97 bits per heavy atom. The molecule has 0 amide bonds. The zero-order valence-electron chi connectivity index (χ0n) is 17.8. The highest BCUT2D eigenvalue weighted by molar-refractivity contribution is 7.48. The second-order valence-electron chi connectivity index (χ2n) is 8.39. The number of para-hydroxylation sites is 1. The van der Waals surface area contributed by atoms with Crippen LogP contribution in [0.3, 0.4) is 0 Å². The monoisotopic (exact) mass is 424 g/mol. The molecule has 1 aromatic rings. The van der Waals surface area contributed by atoms with Gasteiger partial charge in [-0.25, -0.2) is 4.57 Å². The Bertz CT molecular complexity index is 721. The van der Waals surface area contributed by atoms with Gasteiger partial charge in [-0.15, -0.1) is 0 Å². The smallest absolute Gasteiger partial charge is 0.404 e. The van der Waals surface area contributed by atoms with Crippen molar-refractivity contribution in [2.45, 2.75) is 51.2 Å². The number of hydrogen-bond acceptors (Lipinski definition) is 6. The minimum Gasteiger partial charge on any atom is -0.404 e. The average molecular weight is 424 g/mol. The van der Waals surface area contributed by atoms with E-state index in [-0.39, 0.29) is 31.3 Å². The lowest BCUT2D eigenvalue weighted by molar-refractivity contribution is -0.181. The van der Waals surface area contributed by atoms with Crippen molar-refractivity contribution in [3.63, 3.8) is 0 Å². The van der Waals surface area contributed by atoms with Crippen molar-refractivity contribution >= 4 is 7.82 Å². The Hall–Kier alpha value is -0.910. The minimum atomic E-state index is -3.66. The van der Waals surface area contributed by atoms with Crippen molar-refractivity contribution in [2.75, 3.05) is 27.4 Å². The lowest BCUT2D eigenvalue weighted by atomic mass is 9.48. The van der Waals surface area contributed by atoms with Gasteiger partial charge in [-0.2, -0.15) is 0 Å². The number of ether oxygens (including phenoxy) is 2. The van der Waals surface area contributed by atoms with E-state index < -0.39 is 7.82 Å². The zero-order valence-corrected chi connectivity index (χ0v) is 18.7. The van der Waals surface area contributed by atoms with Gasteiger partial charge in [0.15, 0.2) is 0 Å². The highest BCUT2D eigenvalue weighted by Crippen LogP contribution is 2.63. The average Bonchev–Trinajstić information content (AvgIpc) is 2.69. The molecule has 4 aliphatic rings. The maximum atomic E-state index is 13.0. The van der Waals surface area contributed by atoms with Crippen LogP contribution in [0.1, 0.15) is 44.6 Å². The van der Waals surface area contributed by atoms with E-state index in [4.69, 9.17) is 23.0 Å². The third kappa shape index (κ3) is 3.79.